The van der Waals surface area contributed by atoms with Crippen molar-refractivity contribution >= 4 is 81.3 Å². The van der Waals surface area contributed by atoms with Crippen LogP contribution >= 0.6 is 11.3 Å². The highest BCUT2D eigenvalue weighted by atomic mass is 32.1. The molecule has 286 valence electrons. The molecule has 2 heterocycles. The molecule has 12 rings (SSSR count). The van der Waals surface area contributed by atoms with Gasteiger partial charge in [-0.2, -0.15) is 0 Å². The van der Waals surface area contributed by atoms with Crippen LogP contribution in [0.5, 0.6) is 0 Å². The fraction of sp³-hybridized carbons (Fsp3) is 0. The first-order chi connectivity index (χ1) is 30.2. The molecular formula is C58H37NOS. The predicted molar refractivity (Wildman–Crippen MR) is 261 cm³/mol. The Balaban J connectivity index is 0.980. The SMILES string of the molecule is c1ccc(-c2ccc(N(c3ccc4cc(-c5ccc(-c6ccccc6)c(-c6cccc7c6oc6ccccc67)c5)ccc4c3)c3cccc4c3sc3ccccc34)cc2)cc1. The molecule has 0 atom stereocenters. The Morgan fingerprint density at radius 2 is 0.951 bits per heavy atom. The summed E-state index contributed by atoms with van der Waals surface area (Å²) in [5.74, 6) is 0. The zero-order chi connectivity index (χ0) is 40.3. The number of benzene rings is 10. The molecule has 10 aromatic carbocycles. The van der Waals surface area contributed by atoms with Gasteiger partial charge in [-0.05, 0) is 104 Å². The Kier molecular flexibility index (Phi) is 8.39. The van der Waals surface area contributed by atoms with Crippen LogP contribution in [0.4, 0.5) is 17.1 Å². The Morgan fingerprint density at radius 1 is 0.344 bits per heavy atom. The molecule has 0 N–H and O–H groups in total. The summed E-state index contributed by atoms with van der Waals surface area (Å²) >= 11 is 1.86. The van der Waals surface area contributed by atoms with Gasteiger partial charge in [0.2, 0.25) is 0 Å². The maximum Gasteiger partial charge on any atom is 0.143 e. The monoisotopic (exact) mass is 795 g/mol. The van der Waals surface area contributed by atoms with Crippen LogP contribution in [0.15, 0.2) is 229 Å². The first-order valence-electron chi connectivity index (χ1n) is 20.7. The van der Waals surface area contributed by atoms with Gasteiger partial charge in [0, 0.05) is 43.2 Å². The molecule has 0 aliphatic heterocycles. The number of thiophene rings is 1. The standard InChI is InChI=1S/C58H37NOS/c1-3-13-38(14-4-1)39-27-31-45(32-28-39)59(54-22-12-21-52-49-18-8-10-24-56(49)61-58(52)54)46-33-29-42-35-41(25-26-43(42)36-46)44-30-34-47(40-15-5-2-6-16-40)53(37-44)51-20-11-19-50-48-17-7-9-23-55(48)60-57(50)51/h1-37H. The average molecular weight is 796 g/mol. The van der Waals surface area contributed by atoms with E-state index in [0.29, 0.717) is 0 Å². The van der Waals surface area contributed by atoms with Gasteiger partial charge in [-0.1, -0.05) is 170 Å². The molecule has 0 fully saturated rings. The van der Waals surface area contributed by atoms with E-state index in [1.54, 1.807) is 0 Å². The molecule has 0 unspecified atom stereocenters. The summed E-state index contributed by atoms with van der Waals surface area (Å²) in [7, 11) is 0. The van der Waals surface area contributed by atoms with Crippen LogP contribution in [-0.2, 0) is 0 Å². The number of para-hydroxylation sites is 2. The van der Waals surface area contributed by atoms with E-state index in [2.05, 4.69) is 223 Å². The number of fused-ring (bicyclic) bond motifs is 7. The minimum atomic E-state index is 0.902. The molecule has 0 amide bonds. The van der Waals surface area contributed by atoms with Gasteiger partial charge in [0.05, 0.1) is 10.4 Å². The Morgan fingerprint density at radius 3 is 1.80 bits per heavy atom. The molecular weight excluding hydrogens is 759 g/mol. The minimum Gasteiger partial charge on any atom is -0.455 e. The highest BCUT2D eigenvalue weighted by Gasteiger charge is 2.20. The van der Waals surface area contributed by atoms with Crippen LogP contribution in [0, 0.1) is 0 Å². The quantitative estimate of drug-likeness (QED) is 0.160. The summed E-state index contributed by atoms with van der Waals surface area (Å²) in [6.45, 7) is 0. The van der Waals surface area contributed by atoms with E-state index in [1.807, 2.05) is 17.4 Å². The number of furan rings is 1. The van der Waals surface area contributed by atoms with E-state index in [4.69, 9.17) is 4.42 Å². The molecule has 0 aliphatic rings. The van der Waals surface area contributed by atoms with E-state index in [-0.39, 0.29) is 0 Å². The van der Waals surface area contributed by atoms with Crippen molar-refractivity contribution in [1.82, 2.24) is 0 Å². The second-order valence-electron chi connectivity index (χ2n) is 15.7. The van der Waals surface area contributed by atoms with Gasteiger partial charge in [0.15, 0.2) is 0 Å². The van der Waals surface area contributed by atoms with Crippen LogP contribution in [0.1, 0.15) is 0 Å². The third-order valence-corrected chi connectivity index (χ3v) is 13.3. The second-order valence-corrected chi connectivity index (χ2v) is 16.7. The Bertz CT molecular complexity index is 3580. The van der Waals surface area contributed by atoms with Gasteiger partial charge in [0.1, 0.15) is 11.2 Å². The fourth-order valence-corrected chi connectivity index (χ4v) is 10.3. The zero-order valence-electron chi connectivity index (χ0n) is 33.1. The van der Waals surface area contributed by atoms with Crippen molar-refractivity contribution in [2.75, 3.05) is 4.90 Å². The van der Waals surface area contributed by atoms with E-state index in [0.717, 1.165) is 50.0 Å². The molecule has 0 spiro atoms. The van der Waals surface area contributed by atoms with Crippen molar-refractivity contribution in [2.45, 2.75) is 0 Å². The lowest BCUT2D eigenvalue weighted by Gasteiger charge is -2.26. The van der Waals surface area contributed by atoms with Gasteiger partial charge < -0.3 is 9.32 Å². The number of nitrogens with zero attached hydrogens (tertiary/aromatic N) is 1. The normalized spacial score (nSPS) is 11.6. The van der Waals surface area contributed by atoms with Gasteiger partial charge in [-0.25, -0.2) is 0 Å². The predicted octanol–water partition coefficient (Wildman–Crippen LogP) is 17.2. The average Bonchev–Trinajstić information content (AvgIpc) is 3.91. The number of anilines is 3. The van der Waals surface area contributed by atoms with Crippen molar-refractivity contribution in [1.29, 1.82) is 0 Å². The zero-order valence-corrected chi connectivity index (χ0v) is 33.9. The Hall–Kier alpha value is -7.72. The molecule has 0 saturated carbocycles. The maximum absolute atomic E-state index is 6.59. The summed E-state index contributed by atoms with van der Waals surface area (Å²) in [4.78, 5) is 2.42. The van der Waals surface area contributed by atoms with Crippen LogP contribution in [0.2, 0.25) is 0 Å². The highest BCUT2D eigenvalue weighted by Crippen LogP contribution is 2.46. The van der Waals surface area contributed by atoms with E-state index < -0.39 is 0 Å². The van der Waals surface area contributed by atoms with Crippen molar-refractivity contribution in [3.63, 3.8) is 0 Å². The van der Waals surface area contributed by atoms with Crippen LogP contribution in [-0.4, -0.2) is 0 Å². The van der Waals surface area contributed by atoms with Gasteiger partial charge in [-0.3, -0.25) is 0 Å². The minimum absolute atomic E-state index is 0.902. The van der Waals surface area contributed by atoms with Crippen molar-refractivity contribution in [2.24, 2.45) is 0 Å². The number of hydrogen-bond donors (Lipinski definition) is 0. The van der Waals surface area contributed by atoms with Gasteiger partial charge >= 0.3 is 0 Å². The molecule has 12 aromatic rings. The molecule has 0 bridgehead atoms. The smallest absolute Gasteiger partial charge is 0.143 e. The lowest BCUT2D eigenvalue weighted by atomic mass is 9.90. The van der Waals surface area contributed by atoms with E-state index in [1.165, 1.54) is 64.4 Å². The van der Waals surface area contributed by atoms with Crippen LogP contribution in [0.25, 0.3) is 97.4 Å². The van der Waals surface area contributed by atoms with Crippen molar-refractivity contribution in [3.05, 3.63) is 224 Å². The summed E-state index contributed by atoms with van der Waals surface area (Å²) in [5.41, 5.74) is 14.5. The first kappa shape index (κ1) is 35.2. The van der Waals surface area contributed by atoms with Crippen molar-refractivity contribution < 1.29 is 4.42 Å². The molecule has 0 saturated heterocycles. The summed E-state index contributed by atoms with van der Waals surface area (Å²) in [6, 6.07) is 81.1. The summed E-state index contributed by atoms with van der Waals surface area (Å²) < 4.78 is 9.16. The second kappa shape index (κ2) is 14.5. The van der Waals surface area contributed by atoms with Crippen LogP contribution in [0.3, 0.4) is 0 Å². The topological polar surface area (TPSA) is 16.4 Å². The summed E-state index contributed by atoms with van der Waals surface area (Å²) in [6.07, 6.45) is 0. The third kappa shape index (κ3) is 6.09. The first-order valence-corrected chi connectivity index (χ1v) is 21.6. The lowest BCUT2D eigenvalue weighted by Crippen LogP contribution is -2.10. The molecule has 2 nitrogen and oxygen atoms in total. The van der Waals surface area contributed by atoms with E-state index in [9.17, 15) is 0 Å². The maximum atomic E-state index is 6.59. The largest absolute Gasteiger partial charge is 0.455 e. The molecule has 0 radical (unpaired) electrons. The Labute approximate surface area is 357 Å². The van der Waals surface area contributed by atoms with Gasteiger partial charge in [-0.15, -0.1) is 11.3 Å². The van der Waals surface area contributed by atoms with E-state index >= 15 is 0 Å². The van der Waals surface area contributed by atoms with Gasteiger partial charge in [0.25, 0.3) is 0 Å². The third-order valence-electron chi connectivity index (χ3n) is 12.1. The molecule has 61 heavy (non-hydrogen) atoms. The highest BCUT2D eigenvalue weighted by molar-refractivity contribution is 7.26. The van der Waals surface area contributed by atoms with Crippen LogP contribution < -0.4 is 4.90 Å². The lowest BCUT2D eigenvalue weighted by molar-refractivity contribution is 0.670. The van der Waals surface area contributed by atoms with Crippen molar-refractivity contribution in [3.8, 4) is 44.5 Å². The summed E-state index contributed by atoms with van der Waals surface area (Å²) in [5, 5.41) is 7.21. The molecule has 3 heteroatoms. The molecule has 0 aliphatic carbocycles. The number of hydrogen-bond acceptors (Lipinski definition) is 3. The molecule has 2 aromatic heterocycles. The number of rotatable bonds is 7. The fourth-order valence-electron chi connectivity index (χ4n) is 9.10.